The highest BCUT2D eigenvalue weighted by molar-refractivity contribution is 7.13. The average Bonchev–Trinajstić information content (AvgIpc) is 3.32. The first kappa shape index (κ1) is 27.2. The molecule has 1 saturated heterocycles. The number of aromatic nitrogens is 1. The standard InChI is InChI=1S/C29H34F3N3OS/c1-27(2,3)21-15-22(28(4,5)6)17-23(16-21)34-10-12-35(13-11-34)26(36)24-18-37-25(33-24)19-8-7-9-20(14-19)29(30,31)32/h7-9,14-18H,10-13H2,1-6H3. The molecule has 0 N–H and O–H groups in total. The number of hydrogen-bond acceptors (Lipinski definition) is 4. The van der Waals surface area contributed by atoms with Gasteiger partial charge in [0.1, 0.15) is 10.7 Å². The van der Waals surface area contributed by atoms with Gasteiger partial charge in [-0.25, -0.2) is 4.98 Å². The maximum absolute atomic E-state index is 13.2. The summed E-state index contributed by atoms with van der Waals surface area (Å²) < 4.78 is 39.3. The van der Waals surface area contributed by atoms with Gasteiger partial charge < -0.3 is 9.80 Å². The molecule has 0 radical (unpaired) electrons. The molecule has 2 aromatic carbocycles. The molecule has 2 heterocycles. The third kappa shape index (κ3) is 6.17. The van der Waals surface area contributed by atoms with Crippen LogP contribution in [0.2, 0.25) is 0 Å². The van der Waals surface area contributed by atoms with E-state index in [0.717, 1.165) is 12.1 Å². The number of benzene rings is 2. The van der Waals surface area contributed by atoms with Gasteiger partial charge in [0.05, 0.1) is 5.56 Å². The second-order valence-electron chi connectivity index (χ2n) is 11.7. The highest BCUT2D eigenvalue weighted by atomic mass is 32.1. The van der Waals surface area contributed by atoms with Gasteiger partial charge >= 0.3 is 6.18 Å². The molecule has 4 nitrogen and oxygen atoms in total. The molecule has 1 amide bonds. The first-order valence-corrected chi connectivity index (χ1v) is 13.3. The smallest absolute Gasteiger partial charge is 0.368 e. The molecule has 1 fully saturated rings. The Morgan fingerprint density at radius 3 is 1.97 bits per heavy atom. The van der Waals surface area contributed by atoms with Gasteiger partial charge in [-0.1, -0.05) is 59.7 Å². The van der Waals surface area contributed by atoms with Crippen LogP contribution in [0.15, 0.2) is 47.8 Å². The number of amides is 1. The van der Waals surface area contributed by atoms with Gasteiger partial charge in [0.15, 0.2) is 0 Å². The SMILES string of the molecule is CC(C)(C)c1cc(N2CCN(C(=O)c3csc(-c4cccc(C(F)(F)F)c4)n3)CC2)cc(C(C)(C)C)c1. The molecule has 1 aromatic heterocycles. The second-order valence-corrected chi connectivity index (χ2v) is 12.5. The molecule has 0 saturated carbocycles. The number of hydrogen-bond donors (Lipinski definition) is 0. The van der Waals surface area contributed by atoms with Crippen molar-refractivity contribution in [1.82, 2.24) is 9.88 Å². The third-order valence-corrected chi connectivity index (χ3v) is 7.63. The van der Waals surface area contributed by atoms with Crippen LogP contribution in [0.25, 0.3) is 10.6 Å². The van der Waals surface area contributed by atoms with Crippen molar-refractivity contribution in [1.29, 1.82) is 0 Å². The molecule has 0 bridgehead atoms. The van der Waals surface area contributed by atoms with Crippen molar-refractivity contribution in [3.63, 3.8) is 0 Å². The zero-order valence-electron chi connectivity index (χ0n) is 22.2. The molecule has 1 aliphatic rings. The first-order chi connectivity index (χ1) is 17.1. The third-order valence-electron chi connectivity index (χ3n) is 6.74. The summed E-state index contributed by atoms with van der Waals surface area (Å²) >= 11 is 1.18. The summed E-state index contributed by atoms with van der Waals surface area (Å²) in [5, 5.41) is 2.04. The summed E-state index contributed by atoms with van der Waals surface area (Å²) in [6, 6.07) is 11.9. The van der Waals surface area contributed by atoms with Crippen molar-refractivity contribution in [2.24, 2.45) is 0 Å². The lowest BCUT2D eigenvalue weighted by Crippen LogP contribution is -2.49. The van der Waals surface area contributed by atoms with Crippen LogP contribution < -0.4 is 4.90 Å². The minimum Gasteiger partial charge on any atom is -0.368 e. The van der Waals surface area contributed by atoms with E-state index in [1.807, 2.05) is 0 Å². The van der Waals surface area contributed by atoms with Crippen molar-refractivity contribution in [2.75, 3.05) is 31.1 Å². The predicted octanol–water partition coefficient (Wildman–Crippen LogP) is 7.39. The number of rotatable bonds is 3. The number of alkyl halides is 3. The van der Waals surface area contributed by atoms with E-state index >= 15 is 0 Å². The molecular weight excluding hydrogens is 495 g/mol. The van der Waals surface area contributed by atoms with E-state index in [1.165, 1.54) is 34.2 Å². The van der Waals surface area contributed by atoms with E-state index in [-0.39, 0.29) is 22.4 Å². The molecule has 0 unspecified atom stereocenters. The number of carbonyl (C=O) groups is 1. The lowest BCUT2D eigenvalue weighted by molar-refractivity contribution is -0.137. The molecule has 8 heteroatoms. The normalized spacial score (nSPS) is 15.3. The van der Waals surface area contributed by atoms with Gasteiger partial charge in [0.25, 0.3) is 5.91 Å². The molecule has 0 atom stereocenters. The molecule has 4 rings (SSSR count). The van der Waals surface area contributed by atoms with E-state index in [1.54, 1.807) is 16.3 Å². The van der Waals surface area contributed by atoms with Crippen LogP contribution in [0.3, 0.4) is 0 Å². The van der Waals surface area contributed by atoms with Gasteiger partial charge in [0.2, 0.25) is 0 Å². The minimum atomic E-state index is -4.42. The molecule has 3 aromatic rings. The Balaban J connectivity index is 1.48. The Hall–Kier alpha value is -2.87. The van der Waals surface area contributed by atoms with Gasteiger partial charge in [-0.3, -0.25) is 4.79 Å². The molecular formula is C29H34F3N3OS. The number of piperazine rings is 1. The summed E-state index contributed by atoms with van der Waals surface area (Å²) in [7, 11) is 0. The summed E-state index contributed by atoms with van der Waals surface area (Å²) in [4.78, 5) is 21.6. The molecule has 198 valence electrons. The van der Waals surface area contributed by atoms with Crippen LogP contribution >= 0.6 is 11.3 Å². The predicted molar refractivity (Wildman–Crippen MR) is 145 cm³/mol. The number of nitrogens with zero attached hydrogens (tertiary/aromatic N) is 3. The number of anilines is 1. The number of carbonyl (C=O) groups excluding carboxylic acids is 1. The second kappa shape index (κ2) is 9.78. The van der Waals surface area contributed by atoms with Gasteiger partial charge in [0, 0.05) is 42.8 Å². The van der Waals surface area contributed by atoms with Crippen LogP contribution in [0.5, 0.6) is 0 Å². The van der Waals surface area contributed by atoms with Crippen molar-refractivity contribution in [2.45, 2.75) is 58.5 Å². The van der Waals surface area contributed by atoms with E-state index in [9.17, 15) is 18.0 Å². The first-order valence-electron chi connectivity index (χ1n) is 12.5. The van der Waals surface area contributed by atoms with Crippen molar-refractivity contribution < 1.29 is 18.0 Å². The zero-order chi connectivity index (χ0) is 27.2. The van der Waals surface area contributed by atoms with E-state index in [4.69, 9.17) is 0 Å². The molecule has 1 aliphatic heterocycles. The monoisotopic (exact) mass is 529 g/mol. The lowest BCUT2D eigenvalue weighted by atomic mass is 9.80. The van der Waals surface area contributed by atoms with Crippen molar-refractivity contribution in [3.8, 4) is 10.6 Å². The van der Waals surface area contributed by atoms with Gasteiger partial charge in [-0.2, -0.15) is 13.2 Å². The Kier molecular flexibility index (Phi) is 7.18. The van der Waals surface area contributed by atoms with Crippen molar-refractivity contribution in [3.05, 3.63) is 70.2 Å². The zero-order valence-corrected chi connectivity index (χ0v) is 23.1. The molecule has 37 heavy (non-hydrogen) atoms. The molecule has 0 spiro atoms. The maximum Gasteiger partial charge on any atom is 0.416 e. The fourth-order valence-electron chi connectivity index (χ4n) is 4.32. The van der Waals surface area contributed by atoms with Crippen molar-refractivity contribution >= 4 is 22.9 Å². The summed E-state index contributed by atoms with van der Waals surface area (Å²) in [6.07, 6.45) is -4.42. The summed E-state index contributed by atoms with van der Waals surface area (Å²) in [6.45, 7) is 15.8. The van der Waals surface area contributed by atoms with Crippen LogP contribution in [0.4, 0.5) is 18.9 Å². The van der Waals surface area contributed by atoms with Crippen LogP contribution in [-0.4, -0.2) is 42.0 Å². The Labute approximate surface area is 221 Å². The number of thiazole rings is 1. The van der Waals surface area contributed by atoms with Crippen LogP contribution in [0.1, 0.15) is 68.7 Å². The summed E-state index contributed by atoms with van der Waals surface area (Å²) in [5.74, 6) is -0.187. The molecule has 0 aliphatic carbocycles. The van der Waals surface area contributed by atoms with Gasteiger partial charge in [-0.15, -0.1) is 11.3 Å². The highest BCUT2D eigenvalue weighted by Gasteiger charge is 2.31. The fraction of sp³-hybridized carbons (Fsp3) is 0.448. The Bertz CT molecular complexity index is 1240. The quantitative estimate of drug-likeness (QED) is 0.355. The summed E-state index contributed by atoms with van der Waals surface area (Å²) in [5.41, 5.74) is 3.70. The van der Waals surface area contributed by atoms with E-state index in [2.05, 4.69) is 69.6 Å². The van der Waals surface area contributed by atoms with Crippen LogP contribution in [0, 0.1) is 0 Å². The largest absolute Gasteiger partial charge is 0.416 e. The van der Waals surface area contributed by atoms with Crippen LogP contribution in [-0.2, 0) is 17.0 Å². The highest BCUT2D eigenvalue weighted by Crippen LogP contribution is 2.35. The van der Waals surface area contributed by atoms with E-state index < -0.39 is 11.7 Å². The Morgan fingerprint density at radius 1 is 0.838 bits per heavy atom. The van der Waals surface area contributed by atoms with E-state index in [0.29, 0.717) is 36.8 Å². The maximum atomic E-state index is 13.2. The fourth-order valence-corrected chi connectivity index (χ4v) is 5.11. The van der Waals surface area contributed by atoms with Gasteiger partial charge in [-0.05, 0) is 46.2 Å². The Morgan fingerprint density at radius 2 is 1.43 bits per heavy atom. The topological polar surface area (TPSA) is 36.4 Å². The lowest BCUT2D eigenvalue weighted by Gasteiger charge is -2.37. The minimum absolute atomic E-state index is 0.0236. The average molecular weight is 530 g/mol. The number of halogens is 3.